The number of imidazole rings is 1. The van der Waals surface area contributed by atoms with E-state index in [2.05, 4.69) is 20.4 Å². The number of carbonyl (C=O) groups excluding carboxylic acids is 1. The number of anilines is 1. The second-order valence-corrected chi connectivity index (χ2v) is 6.58. The van der Waals surface area contributed by atoms with Crippen LogP contribution in [0.1, 0.15) is 24.7 Å². The van der Waals surface area contributed by atoms with Gasteiger partial charge in [0.15, 0.2) is 11.0 Å². The minimum Gasteiger partial charge on any atom is -0.360 e. The van der Waals surface area contributed by atoms with Crippen molar-refractivity contribution in [1.29, 1.82) is 0 Å². The van der Waals surface area contributed by atoms with Crippen molar-refractivity contribution in [2.45, 2.75) is 37.6 Å². The molecule has 3 rings (SSSR count). The third-order valence-electron chi connectivity index (χ3n) is 3.41. The van der Waals surface area contributed by atoms with Gasteiger partial charge in [-0.05, 0) is 38.0 Å². The summed E-state index contributed by atoms with van der Waals surface area (Å²) in [5.74, 6) is 0.989. The molecule has 120 valence electrons. The van der Waals surface area contributed by atoms with Crippen molar-refractivity contribution in [2.75, 3.05) is 5.32 Å². The van der Waals surface area contributed by atoms with E-state index in [4.69, 9.17) is 4.52 Å². The number of aromatic nitrogens is 3. The van der Waals surface area contributed by atoms with Crippen LogP contribution in [0.3, 0.4) is 0 Å². The fourth-order valence-electron chi connectivity index (χ4n) is 2.24. The first kappa shape index (κ1) is 15.6. The first-order valence-corrected chi connectivity index (χ1v) is 8.30. The van der Waals surface area contributed by atoms with Crippen molar-refractivity contribution >= 4 is 34.5 Å². The standard InChI is InChI=1S/C16H18N4O2S/c1-4-13(15(21)19-14-8-10(3)22-20-14)23-16-17-11-6-5-9(2)7-12(11)18-16/h5-8,13H,4H2,1-3H3,(H,17,18)(H,19,20,21). The Morgan fingerprint density at radius 3 is 2.91 bits per heavy atom. The predicted octanol–water partition coefficient (Wildman–Crippen LogP) is 3.68. The Balaban J connectivity index is 1.73. The summed E-state index contributed by atoms with van der Waals surface area (Å²) in [4.78, 5) is 20.2. The number of aryl methyl sites for hydroxylation is 2. The fraction of sp³-hybridized carbons (Fsp3) is 0.312. The summed E-state index contributed by atoms with van der Waals surface area (Å²) in [6.07, 6.45) is 0.684. The van der Waals surface area contributed by atoms with E-state index in [9.17, 15) is 4.79 Å². The topological polar surface area (TPSA) is 83.8 Å². The Labute approximate surface area is 138 Å². The number of hydrogen-bond acceptors (Lipinski definition) is 5. The lowest BCUT2D eigenvalue weighted by Crippen LogP contribution is -2.24. The van der Waals surface area contributed by atoms with E-state index in [1.807, 2.05) is 32.0 Å². The molecule has 6 nitrogen and oxygen atoms in total. The summed E-state index contributed by atoms with van der Waals surface area (Å²) >= 11 is 1.42. The van der Waals surface area contributed by atoms with E-state index in [-0.39, 0.29) is 11.2 Å². The molecule has 1 amide bonds. The minimum absolute atomic E-state index is 0.109. The molecule has 2 aromatic heterocycles. The number of aromatic amines is 1. The van der Waals surface area contributed by atoms with Crippen molar-refractivity contribution < 1.29 is 9.32 Å². The highest BCUT2D eigenvalue weighted by Gasteiger charge is 2.21. The van der Waals surface area contributed by atoms with Gasteiger partial charge in [0.2, 0.25) is 5.91 Å². The van der Waals surface area contributed by atoms with Gasteiger partial charge in [-0.3, -0.25) is 4.79 Å². The zero-order chi connectivity index (χ0) is 16.4. The van der Waals surface area contributed by atoms with Crippen LogP contribution in [0.5, 0.6) is 0 Å². The Hall–Kier alpha value is -2.28. The molecule has 0 aliphatic heterocycles. The first-order chi connectivity index (χ1) is 11.0. The molecule has 23 heavy (non-hydrogen) atoms. The van der Waals surface area contributed by atoms with Gasteiger partial charge in [-0.15, -0.1) is 0 Å². The summed E-state index contributed by atoms with van der Waals surface area (Å²) in [6.45, 7) is 5.79. The van der Waals surface area contributed by atoms with Crippen molar-refractivity contribution in [3.05, 3.63) is 35.6 Å². The van der Waals surface area contributed by atoms with Crippen molar-refractivity contribution in [2.24, 2.45) is 0 Å². The molecule has 0 radical (unpaired) electrons. The average molecular weight is 330 g/mol. The van der Waals surface area contributed by atoms with Crippen LogP contribution in [0.4, 0.5) is 5.82 Å². The Morgan fingerprint density at radius 1 is 1.39 bits per heavy atom. The smallest absolute Gasteiger partial charge is 0.239 e. The first-order valence-electron chi connectivity index (χ1n) is 7.42. The SMILES string of the molecule is CCC(Sc1nc2ccc(C)cc2[nH]1)C(=O)Nc1cc(C)on1. The summed E-state index contributed by atoms with van der Waals surface area (Å²) in [5, 5.41) is 7.04. The van der Waals surface area contributed by atoms with Gasteiger partial charge in [-0.2, -0.15) is 0 Å². The number of nitrogens with zero attached hydrogens (tertiary/aromatic N) is 2. The maximum atomic E-state index is 12.4. The molecule has 0 aliphatic carbocycles. The highest BCUT2D eigenvalue weighted by Crippen LogP contribution is 2.26. The molecule has 1 unspecified atom stereocenters. The van der Waals surface area contributed by atoms with Gasteiger partial charge in [-0.25, -0.2) is 4.98 Å². The van der Waals surface area contributed by atoms with E-state index in [1.54, 1.807) is 13.0 Å². The minimum atomic E-state index is -0.256. The molecule has 7 heteroatoms. The second-order valence-electron chi connectivity index (χ2n) is 5.39. The van der Waals surface area contributed by atoms with Gasteiger partial charge in [0.1, 0.15) is 5.76 Å². The lowest BCUT2D eigenvalue weighted by atomic mass is 10.2. The van der Waals surface area contributed by atoms with Crippen LogP contribution in [0.2, 0.25) is 0 Å². The number of amides is 1. The quantitative estimate of drug-likeness (QED) is 0.697. The predicted molar refractivity (Wildman–Crippen MR) is 90.6 cm³/mol. The zero-order valence-electron chi connectivity index (χ0n) is 13.2. The molecular weight excluding hydrogens is 312 g/mol. The molecule has 0 aliphatic rings. The van der Waals surface area contributed by atoms with E-state index in [0.717, 1.165) is 16.2 Å². The Morgan fingerprint density at radius 2 is 2.22 bits per heavy atom. The lowest BCUT2D eigenvalue weighted by molar-refractivity contribution is -0.115. The summed E-state index contributed by atoms with van der Waals surface area (Å²) < 4.78 is 4.96. The van der Waals surface area contributed by atoms with Crippen LogP contribution in [0.25, 0.3) is 11.0 Å². The third kappa shape index (κ3) is 3.56. The monoisotopic (exact) mass is 330 g/mol. The van der Waals surface area contributed by atoms with Gasteiger partial charge >= 0.3 is 0 Å². The number of hydrogen-bond donors (Lipinski definition) is 2. The van der Waals surface area contributed by atoms with Crippen molar-refractivity contribution in [3.8, 4) is 0 Å². The zero-order valence-corrected chi connectivity index (χ0v) is 14.0. The Bertz CT molecular complexity index is 840. The molecule has 2 heterocycles. The molecule has 0 spiro atoms. The number of thioether (sulfide) groups is 1. The maximum absolute atomic E-state index is 12.4. The molecule has 3 aromatic rings. The molecule has 0 saturated heterocycles. The average Bonchev–Trinajstić information content (AvgIpc) is 3.09. The number of fused-ring (bicyclic) bond motifs is 1. The number of H-pyrrole nitrogens is 1. The summed E-state index contributed by atoms with van der Waals surface area (Å²) in [6, 6.07) is 7.74. The molecule has 0 saturated carbocycles. The number of carbonyl (C=O) groups is 1. The van der Waals surface area contributed by atoms with Crippen LogP contribution >= 0.6 is 11.8 Å². The van der Waals surface area contributed by atoms with E-state index in [0.29, 0.717) is 18.0 Å². The van der Waals surface area contributed by atoms with Gasteiger partial charge < -0.3 is 14.8 Å². The van der Waals surface area contributed by atoms with Gasteiger partial charge in [0.25, 0.3) is 0 Å². The number of nitrogens with one attached hydrogen (secondary N) is 2. The molecular formula is C16H18N4O2S. The molecule has 0 bridgehead atoms. The largest absolute Gasteiger partial charge is 0.360 e. The van der Waals surface area contributed by atoms with Crippen molar-refractivity contribution in [1.82, 2.24) is 15.1 Å². The van der Waals surface area contributed by atoms with Gasteiger partial charge in [0.05, 0.1) is 16.3 Å². The maximum Gasteiger partial charge on any atom is 0.239 e. The number of rotatable bonds is 5. The summed E-state index contributed by atoms with van der Waals surface area (Å²) in [7, 11) is 0. The fourth-order valence-corrected chi connectivity index (χ4v) is 3.17. The molecule has 1 atom stereocenters. The van der Waals surface area contributed by atoms with Crippen LogP contribution in [0.15, 0.2) is 33.9 Å². The normalized spacial score (nSPS) is 12.5. The van der Waals surface area contributed by atoms with Crippen LogP contribution in [-0.2, 0) is 4.79 Å². The van der Waals surface area contributed by atoms with Crippen LogP contribution < -0.4 is 5.32 Å². The van der Waals surface area contributed by atoms with Crippen LogP contribution in [0, 0.1) is 13.8 Å². The lowest BCUT2D eigenvalue weighted by Gasteiger charge is -2.11. The highest BCUT2D eigenvalue weighted by atomic mass is 32.2. The molecule has 0 fully saturated rings. The second kappa shape index (κ2) is 6.45. The van der Waals surface area contributed by atoms with E-state index < -0.39 is 0 Å². The van der Waals surface area contributed by atoms with E-state index >= 15 is 0 Å². The van der Waals surface area contributed by atoms with Crippen LogP contribution in [-0.4, -0.2) is 26.3 Å². The van der Waals surface area contributed by atoms with E-state index in [1.165, 1.54) is 17.3 Å². The highest BCUT2D eigenvalue weighted by molar-refractivity contribution is 8.00. The molecule has 2 N–H and O–H groups in total. The summed E-state index contributed by atoms with van der Waals surface area (Å²) in [5.41, 5.74) is 3.05. The van der Waals surface area contributed by atoms with Crippen molar-refractivity contribution in [3.63, 3.8) is 0 Å². The van der Waals surface area contributed by atoms with Gasteiger partial charge in [0, 0.05) is 6.07 Å². The van der Waals surface area contributed by atoms with Gasteiger partial charge in [-0.1, -0.05) is 29.9 Å². The molecule has 1 aromatic carbocycles. The number of benzene rings is 1. The third-order valence-corrected chi connectivity index (χ3v) is 4.66. The Kier molecular flexibility index (Phi) is 4.38.